The number of rotatable bonds is 2. The largest absolute Gasteiger partial charge is 0.241 e. The van der Waals surface area contributed by atoms with Gasteiger partial charge in [0.15, 0.2) is 12.8 Å². The summed E-state index contributed by atoms with van der Waals surface area (Å²) in [5.41, 5.74) is -2.26. The van der Waals surface area contributed by atoms with Crippen molar-refractivity contribution >= 4 is 11.6 Å². The molecule has 0 fully saturated rings. The lowest BCUT2D eigenvalue weighted by atomic mass is 10.5. The van der Waals surface area contributed by atoms with Gasteiger partial charge in [-0.1, -0.05) is 11.6 Å². The first-order valence-corrected chi connectivity index (χ1v) is 1.98. The van der Waals surface area contributed by atoms with Gasteiger partial charge in [-0.3, -0.25) is 0 Å². The van der Waals surface area contributed by atoms with Gasteiger partial charge in [0.1, 0.15) is 0 Å². The first-order chi connectivity index (χ1) is 3.18. The second kappa shape index (κ2) is 3.13. The van der Waals surface area contributed by atoms with Crippen LogP contribution < -0.4 is 0 Å². The van der Waals surface area contributed by atoms with Gasteiger partial charge in [0.2, 0.25) is 5.63 Å². The molecule has 0 aliphatic rings. The zero-order valence-corrected chi connectivity index (χ0v) is 4.00. The van der Waals surface area contributed by atoms with E-state index in [1.807, 2.05) is 0 Å². The Morgan fingerprint density at radius 2 is 1.86 bits per heavy atom. The zero-order chi connectivity index (χ0) is 5.86. The van der Waals surface area contributed by atoms with E-state index >= 15 is 0 Å². The Kier molecular flexibility index (Phi) is 3.17. The monoisotopic (exact) mass is 131 g/mol. The highest BCUT2D eigenvalue weighted by atomic mass is 35.5. The summed E-state index contributed by atoms with van der Waals surface area (Å²) in [4.78, 5) is 0. The Hall–Kier alpha value is 0.0800. The molecule has 0 aromatic heterocycles. The molecule has 0 spiro atoms. The van der Waals surface area contributed by atoms with Crippen molar-refractivity contribution < 1.29 is 13.2 Å². The molecule has 0 nitrogen and oxygen atoms in total. The van der Waals surface area contributed by atoms with Gasteiger partial charge in [-0.15, -0.1) is 0 Å². The molecule has 2 atom stereocenters. The van der Waals surface area contributed by atoms with Crippen molar-refractivity contribution in [1.82, 2.24) is 0 Å². The minimum absolute atomic E-state index is 0.433. The van der Waals surface area contributed by atoms with Gasteiger partial charge in [0, 0.05) is 0 Å². The fraction of sp³-hybridized carbons (Fsp3) is 0.667. The topological polar surface area (TPSA) is 0 Å². The number of hydrogen-bond acceptors (Lipinski definition) is 0. The second-order valence-electron chi connectivity index (χ2n) is 0.905. The van der Waals surface area contributed by atoms with E-state index in [4.69, 9.17) is 0 Å². The van der Waals surface area contributed by atoms with Crippen LogP contribution in [0.15, 0.2) is 0 Å². The summed E-state index contributed by atoms with van der Waals surface area (Å²) in [6.07, 6.45) is -2.29. The van der Waals surface area contributed by atoms with Crippen LogP contribution in [0.1, 0.15) is 0 Å². The molecule has 2 unspecified atom stereocenters. The van der Waals surface area contributed by atoms with Crippen LogP contribution >= 0.6 is 11.6 Å². The van der Waals surface area contributed by atoms with Gasteiger partial charge in [-0.05, 0) is 0 Å². The summed E-state index contributed by atoms with van der Waals surface area (Å²) >= 11 is 4.42. The lowest BCUT2D eigenvalue weighted by Crippen LogP contribution is -2.08. The highest BCUT2D eigenvalue weighted by Gasteiger charge is 2.16. The quantitative estimate of drug-likeness (QED) is 0.503. The van der Waals surface area contributed by atoms with Crippen LogP contribution in [0.2, 0.25) is 0 Å². The van der Waals surface area contributed by atoms with Crippen LogP contribution in [-0.2, 0) is 0 Å². The average molecular weight is 132 g/mol. The van der Waals surface area contributed by atoms with Gasteiger partial charge >= 0.3 is 0 Å². The molecule has 0 rings (SSSR count). The van der Waals surface area contributed by atoms with Crippen LogP contribution in [-0.4, -0.2) is 11.8 Å². The van der Waals surface area contributed by atoms with Crippen molar-refractivity contribution in [2.24, 2.45) is 0 Å². The Morgan fingerprint density at radius 3 is 1.86 bits per heavy atom. The first-order valence-electron chi connectivity index (χ1n) is 1.54. The molecule has 0 heterocycles. The van der Waals surface area contributed by atoms with Crippen molar-refractivity contribution in [3.05, 3.63) is 6.67 Å². The van der Waals surface area contributed by atoms with Gasteiger partial charge < -0.3 is 0 Å². The van der Waals surface area contributed by atoms with Crippen molar-refractivity contribution in [3.8, 4) is 0 Å². The number of halogens is 4. The highest BCUT2D eigenvalue weighted by Crippen LogP contribution is 2.10. The van der Waals surface area contributed by atoms with Crippen molar-refractivity contribution in [2.75, 3.05) is 0 Å². The van der Waals surface area contributed by atoms with Crippen molar-refractivity contribution in [2.45, 2.75) is 11.8 Å². The number of hydrogen-bond donors (Lipinski definition) is 0. The standard InChI is InChI=1S/C3H3ClF3/c4-3(7)2(6)1-5/h1-3H. The molecule has 0 amide bonds. The molecule has 0 saturated heterocycles. The van der Waals surface area contributed by atoms with Gasteiger partial charge in [0.25, 0.3) is 0 Å². The third-order valence-electron chi connectivity index (χ3n) is 0.361. The summed E-state index contributed by atoms with van der Waals surface area (Å²) in [7, 11) is 0. The zero-order valence-electron chi connectivity index (χ0n) is 3.24. The van der Waals surface area contributed by atoms with E-state index in [0.717, 1.165) is 0 Å². The van der Waals surface area contributed by atoms with E-state index in [9.17, 15) is 13.2 Å². The predicted octanol–water partition coefficient (Wildman–Crippen LogP) is 1.99. The maximum absolute atomic E-state index is 11.3. The second-order valence-corrected chi connectivity index (χ2v) is 1.32. The summed E-state index contributed by atoms with van der Waals surface area (Å²) < 4.78 is 33.3. The third-order valence-corrected chi connectivity index (χ3v) is 0.602. The highest BCUT2D eigenvalue weighted by molar-refractivity contribution is 6.20. The van der Waals surface area contributed by atoms with Gasteiger partial charge in [-0.2, -0.15) is 0 Å². The summed E-state index contributed by atoms with van der Waals surface area (Å²) in [5, 5.41) is 0. The van der Waals surface area contributed by atoms with Crippen LogP contribution in [0.4, 0.5) is 13.2 Å². The molecule has 43 valence electrons. The SMILES string of the molecule is F[CH]C(F)C(F)Cl. The lowest BCUT2D eigenvalue weighted by molar-refractivity contribution is 0.227. The molecule has 7 heavy (non-hydrogen) atoms. The van der Waals surface area contributed by atoms with Crippen LogP contribution in [0.25, 0.3) is 0 Å². The fourth-order valence-corrected chi connectivity index (χ4v) is 0.110. The Labute approximate surface area is 44.3 Å². The molecule has 4 heteroatoms. The third kappa shape index (κ3) is 2.74. The Morgan fingerprint density at radius 1 is 1.43 bits per heavy atom. The predicted molar refractivity (Wildman–Crippen MR) is 21.1 cm³/mol. The molecule has 0 bridgehead atoms. The van der Waals surface area contributed by atoms with E-state index in [-0.39, 0.29) is 0 Å². The summed E-state index contributed by atoms with van der Waals surface area (Å²) in [5.74, 6) is 0. The van der Waals surface area contributed by atoms with Crippen molar-refractivity contribution in [3.63, 3.8) is 0 Å². The summed E-state index contributed by atoms with van der Waals surface area (Å²) in [6.45, 7) is -0.433. The van der Waals surface area contributed by atoms with Crippen LogP contribution in [0.5, 0.6) is 0 Å². The molecular formula is C3H3ClF3. The maximum atomic E-state index is 11.3. The molecule has 0 aromatic carbocycles. The summed E-state index contributed by atoms with van der Waals surface area (Å²) in [6, 6.07) is 0. The van der Waals surface area contributed by atoms with E-state index in [2.05, 4.69) is 11.6 Å². The van der Waals surface area contributed by atoms with Gasteiger partial charge in [-0.25, -0.2) is 13.2 Å². The molecule has 0 aliphatic carbocycles. The van der Waals surface area contributed by atoms with E-state index in [0.29, 0.717) is 0 Å². The normalized spacial score (nSPS) is 18.9. The molecule has 0 saturated carbocycles. The molecular weight excluding hydrogens is 128 g/mol. The van der Waals surface area contributed by atoms with Crippen molar-refractivity contribution in [1.29, 1.82) is 0 Å². The first kappa shape index (κ1) is 7.08. The van der Waals surface area contributed by atoms with Crippen LogP contribution in [0, 0.1) is 6.67 Å². The Bertz CT molecular complexity index is 47.4. The Balaban J connectivity index is 3.14. The maximum Gasteiger partial charge on any atom is 0.207 e. The van der Waals surface area contributed by atoms with Gasteiger partial charge in [0.05, 0.1) is 0 Å². The molecule has 1 radical (unpaired) electrons. The van der Waals surface area contributed by atoms with E-state index in [1.165, 1.54) is 0 Å². The van der Waals surface area contributed by atoms with Crippen LogP contribution in [0.3, 0.4) is 0 Å². The smallest absolute Gasteiger partial charge is 0.207 e. The minimum Gasteiger partial charge on any atom is -0.241 e. The fourth-order valence-electron chi connectivity index (χ4n) is 0.0550. The number of alkyl halides is 3. The van der Waals surface area contributed by atoms with E-state index in [1.54, 1.807) is 0 Å². The average Bonchev–Trinajstić information content (AvgIpc) is 1.65. The van der Waals surface area contributed by atoms with E-state index < -0.39 is 18.5 Å². The molecule has 0 N–H and O–H groups in total. The molecule has 0 aliphatic heterocycles. The molecule has 0 aromatic rings. The minimum atomic E-state index is -2.29. The lowest BCUT2D eigenvalue weighted by Gasteiger charge is -1.97.